The molecule has 4 rings (SSSR count). The Balaban J connectivity index is 0.000000738. The number of rotatable bonds is 42. The summed E-state index contributed by atoms with van der Waals surface area (Å²) in [7, 11) is 0. The zero-order valence-electron chi connectivity index (χ0n) is 52.3. The topological polar surface area (TPSA) is 373 Å². The van der Waals surface area contributed by atoms with Gasteiger partial charge in [-0.1, -0.05) is 101 Å². The Morgan fingerprint density at radius 2 is 1.04 bits per heavy atom. The second kappa shape index (κ2) is 47.8. The number of ether oxygens (including phenoxy) is 2. The van der Waals surface area contributed by atoms with Gasteiger partial charge in [0.25, 0.3) is 0 Å². The van der Waals surface area contributed by atoms with Crippen LogP contribution in [-0.2, 0) is 74.3 Å². The van der Waals surface area contributed by atoms with E-state index in [9.17, 15) is 58.8 Å². The summed E-state index contributed by atoms with van der Waals surface area (Å²) in [5.41, 5.74) is 20.9. The van der Waals surface area contributed by atoms with Crippen molar-refractivity contribution in [1.29, 1.82) is 0 Å². The molecule has 4 aromatic carbocycles. The Kier molecular flexibility index (Phi) is 42.2. The third-order valence-electron chi connectivity index (χ3n) is 14.4. The summed E-state index contributed by atoms with van der Waals surface area (Å²) < 4.78 is 11.4. The molecule has 0 aliphatic carbocycles. The van der Waals surface area contributed by atoms with E-state index in [1.165, 1.54) is 12.2 Å². The molecule has 3 unspecified atom stereocenters. The first kappa shape index (κ1) is 78.7. The highest BCUT2D eigenvalue weighted by Crippen LogP contribution is 2.30. The second-order valence-corrected chi connectivity index (χ2v) is 21.0. The third-order valence-corrected chi connectivity index (χ3v) is 14.4. The van der Waals surface area contributed by atoms with Crippen LogP contribution in [0, 0.1) is 17.8 Å². The number of nitrogens with two attached hydrogens (primary N) is 2. The summed E-state index contributed by atoms with van der Waals surface area (Å²) in [5.74, 6) is -2.49. The highest BCUT2D eigenvalue weighted by molar-refractivity contribution is 5.90. The number of allylic oxidation sites excluding steroid dienone is 2. The van der Waals surface area contributed by atoms with Crippen LogP contribution in [0.1, 0.15) is 152 Å². The molecule has 5 amide bonds. The van der Waals surface area contributed by atoms with Crippen LogP contribution in [0.3, 0.4) is 0 Å². The highest BCUT2D eigenvalue weighted by atomic mass is 16.5. The number of nitrogens with zero attached hydrogens (tertiary/aromatic N) is 3. The number of primary amides is 2. The summed E-state index contributed by atoms with van der Waals surface area (Å²) in [6.45, 7) is 17.8. The lowest BCUT2D eigenvalue weighted by Gasteiger charge is -2.24. The number of carbonyl (C=O) groups excluding carboxylic acids is 8. The first-order valence-electron chi connectivity index (χ1n) is 30.5. The minimum atomic E-state index is -0.568. The average molecular weight is 1240 g/mol. The summed E-state index contributed by atoms with van der Waals surface area (Å²) >= 11 is 0. The lowest BCUT2D eigenvalue weighted by molar-refractivity contribution is -0.130. The van der Waals surface area contributed by atoms with Crippen molar-refractivity contribution in [2.45, 2.75) is 156 Å². The van der Waals surface area contributed by atoms with E-state index in [-0.39, 0.29) is 98.4 Å². The van der Waals surface area contributed by atoms with E-state index in [1.54, 1.807) is 24.3 Å². The molecule has 22 heteroatoms. The van der Waals surface area contributed by atoms with Crippen LogP contribution in [0.15, 0.2) is 104 Å². The van der Waals surface area contributed by atoms with E-state index in [4.69, 9.17) is 20.7 Å². The fourth-order valence-electron chi connectivity index (χ4n) is 9.08. The van der Waals surface area contributed by atoms with Crippen molar-refractivity contribution in [3.05, 3.63) is 131 Å². The minimum absolute atomic E-state index is 0.00960. The Hall–Kier alpha value is -8.27. The van der Waals surface area contributed by atoms with Gasteiger partial charge >= 0.3 is 0 Å². The van der Waals surface area contributed by atoms with Crippen LogP contribution in [0.4, 0.5) is 0 Å². The predicted molar refractivity (Wildman–Crippen MR) is 345 cm³/mol. The Bertz CT molecular complexity index is 2940. The van der Waals surface area contributed by atoms with Gasteiger partial charge in [0.1, 0.15) is 17.3 Å². The molecule has 3 atom stereocenters. The normalized spacial score (nSPS) is 11.5. The first-order chi connectivity index (χ1) is 42.8. The Labute approximate surface area is 523 Å². The van der Waals surface area contributed by atoms with Gasteiger partial charge in [0.2, 0.25) is 29.5 Å². The molecule has 0 radical (unpaired) electrons. The lowest BCUT2D eigenvalue weighted by Crippen LogP contribution is -2.39. The number of hydrogen-bond acceptors (Lipinski definition) is 15. The Morgan fingerprint density at radius 3 is 1.53 bits per heavy atom. The van der Waals surface area contributed by atoms with Gasteiger partial charge in [-0.2, -0.15) is 0 Å². The largest absolute Gasteiger partial charge is 0.508 e. The monoisotopic (exact) mass is 1240 g/mol. The van der Waals surface area contributed by atoms with E-state index in [1.807, 2.05) is 57.2 Å². The first-order valence-corrected chi connectivity index (χ1v) is 30.5. The van der Waals surface area contributed by atoms with Gasteiger partial charge in [0, 0.05) is 85.7 Å². The van der Waals surface area contributed by atoms with Gasteiger partial charge in [-0.3, -0.25) is 38.4 Å². The zero-order valence-corrected chi connectivity index (χ0v) is 52.3. The lowest BCUT2D eigenvalue weighted by atomic mass is 9.83. The maximum absolute atomic E-state index is 13.3. The quantitative estimate of drug-likeness (QED) is 0.00656. The number of carbonyl (C=O) groups is 8. The zero-order chi connectivity index (χ0) is 66.4. The van der Waals surface area contributed by atoms with Crippen molar-refractivity contribution in [3.63, 3.8) is 0 Å². The number of benzene rings is 4. The summed E-state index contributed by atoms with van der Waals surface area (Å²) in [6, 6.07) is 18.2. The number of aromatic hydroxyl groups is 2. The van der Waals surface area contributed by atoms with Gasteiger partial charge in [-0.25, -0.2) is 0 Å². The number of fused-ring (bicyclic) bond motifs is 2. The number of aliphatic hydroxyl groups excluding tert-OH is 2. The van der Waals surface area contributed by atoms with Crippen LogP contribution in [-0.4, -0.2) is 107 Å². The van der Waals surface area contributed by atoms with Crippen molar-refractivity contribution in [3.8, 4) is 11.5 Å². The fraction of sp³-hybridized carbons (Fsp3) is 0.493. The van der Waals surface area contributed by atoms with Crippen molar-refractivity contribution in [1.82, 2.24) is 16.0 Å². The van der Waals surface area contributed by atoms with Gasteiger partial charge in [0.05, 0.1) is 39.6 Å². The SMILES string of the molecule is C=CC(=O)CCCCCCCC(=O)CN=[N+]=[N-].C=CC(=O)CCCOCc1cccc2cc(CO)c(O)cc12.C=CC(N)=O.CCC(=O)NCCCCCNC(=O)C(CC)CC(CC(CC)C(N)=O)C(=O)NCCOCc1cccc2cc(CO)c(O)cc12. The molecule has 0 spiro atoms. The van der Waals surface area contributed by atoms with E-state index < -0.39 is 23.7 Å². The number of Topliss-reactive ketones (excluding diaryl/α,β-unsaturated/α-hetero) is 1. The molecule has 0 aliphatic rings. The molecule has 0 aliphatic heterocycles. The van der Waals surface area contributed by atoms with Crippen molar-refractivity contribution < 1.29 is 68.3 Å². The predicted octanol–water partition coefficient (Wildman–Crippen LogP) is 9.52. The summed E-state index contributed by atoms with van der Waals surface area (Å²) in [4.78, 5) is 94.7. The van der Waals surface area contributed by atoms with Crippen LogP contribution in [0.5, 0.6) is 11.5 Å². The maximum Gasteiger partial charge on any atom is 0.240 e. The maximum atomic E-state index is 13.3. The molecule has 0 saturated heterocycles. The van der Waals surface area contributed by atoms with Crippen LogP contribution < -0.4 is 27.4 Å². The molecule has 4 aromatic rings. The van der Waals surface area contributed by atoms with Crippen molar-refractivity contribution in [2.75, 3.05) is 39.4 Å². The van der Waals surface area contributed by atoms with E-state index >= 15 is 0 Å². The molecule has 22 nitrogen and oxygen atoms in total. The van der Waals surface area contributed by atoms with Gasteiger partial charge in [-0.05, 0) is 145 Å². The van der Waals surface area contributed by atoms with Gasteiger partial charge in [0.15, 0.2) is 11.6 Å². The number of hydrogen-bond donors (Lipinski definition) is 9. The van der Waals surface area contributed by atoms with E-state index in [2.05, 4.69) is 51.4 Å². The number of amides is 5. The molecule has 488 valence electrons. The molecular weight excluding hydrogens is 1140 g/mol. The van der Waals surface area contributed by atoms with E-state index in [0.29, 0.717) is 88.8 Å². The number of nitrogens with one attached hydrogen (secondary N) is 3. The van der Waals surface area contributed by atoms with E-state index in [0.717, 1.165) is 90.1 Å². The molecule has 0 fully saturated rings. The number of phenols is 2. The molecule has 89 heavy (non-hydrogen) atoms. The minimum Gasteiger partial charge on any atom is -0.508 e. The number of aliphatic hydroxyl groups is 2. The molecule has 0 saturated carbocycles. The molecule has 0 heterocycles. The van der Waals surface area contributed by atoms with Crippen LogP contribution >= 0.6 is 0 Å². The Morgan fingerprint density at radius 1 is 0.584 bits per heavy atom. The van der Waals surface area contributed by atoms with Gasteiger partial charge in [-0.15, -0.1) is 0 Å². The van der Waals surface area contributed by atoms with Gasteiger partial charge < -0.3 is 57.3 Å². The number of azide groups is 1. The number of unbranched alkanes of at least 4 members (excludes halogenated alkanes) is 6. The summed E-state index contributed by atoms with van der Waals surface area (Å²) in [5, 5.41) is 54.2. The third kappa shape index (κ3) is 33.6. The molecule has 0 bridgehead atoms. The fourth-order valence-corrected chi connectivity index (χ4v) is 9.08. The second-order valence-electron chi connectivity index (χ2n) is 21.0. The molecule has 0 aromatic heterocycles. The van der Waals surface area contributed by atoms with Crippen LogP contribution in [0.2, 0.25) is 0 Å². The summed E-state index contributed by atoms with van der Waals surface area (Å²) in [6.07, 6.45) is 15.2. The molecule has 11 N–H and O–H groups in total. The highest BCUT2D eigenvalue weighted by Gasteiger charge is 2.30. The van der Waals surface area contributed by atoms with Crippen molar-refractivity contribution >= 4 is 68.4 Å². The molecular formula is C67H96N8O14. The smallest absolute Gasteiger partial charge is 0.240 e. The standard InChI is InChI=1S/C34H52N4O7.C18H20O4.C12H19N3O2.C3H5NO/c1-4-23(32(35)42)17-27(18-24(5-2)33(43)37-14-9-7-8-13-36-31(41)6-3)34(44)38-15-16-45-22-26-12-10-11-25-19-28(21-39)30(40)20-29(25)26;1-2-16(20)7-4-8-22-12-14-6-3-5-13-9-15(11-19)18(21)10-17(13)14;1-2-11(16)8-6-4-3-5-7-9-12(17)10-14-15-13;1-2-3(4)5/h10-12,19-20,23-24,27,39-40H,4-9,13-18,21-22H2,1-3H3,(H2,35,42)(H,36,41)(H,37,43)(H,38,44);2-3,5-6,9-10,19,21H,1,4,7-8,11-12H2;2H,1,3-10H2;2H,1H2,(H2,4,5). The van der Waals surface area contributed by atoms with Crippen molar-refractivity contribution in [2.24, 2.45) is 34.3 Å². The average Bonchev–Trinajstić information content (AvgIpc) is 1.52. The number of ketones is 3. The van der Waals surface area contributed by atoms with Crippen LogP contribution in [0.25, 0.3) is 32.0 Å².